The van der Waals surface area contributed by atoms with Gasteiger partial charge in [0.15, 0.2) is 6.10 Å². The first-order chi connectivity index (χ1) is 14.8. The number of methoxy groups -OCH3 is 2. The monoisotopic (exact) mass is 448 g/mol. The van der Waals surface area contributed by atoms with E-state index in [1.54, 1.807) is 24.0 Å². The van der Waals surface area contributed by atoms with E-state index in [0.29, 0.717) is 11.5 Å². The van der Waals surface area contributed by atoms with Crippen molar-refractivity contribution in [2.45, 2.75) is 24.8 Å². The highest BCUT2D eigenvalue weighted by Crippen LogP contribution is 2.31. The van der Waals surface area contributed by atoms with Crippen LogP contribution in [0.1, 0.15) is 12.5 Å². The Bertz CT molecular complexity index is 1010. The van der Waals surface area contributed by atoms with Gasteiger partial charge < -0.3 is 19.1 Å². The number of rotatable bonds is 7. The summed E-state index contributed by atoms with van der Waals surface area (Å²) in [5, 5.41) is 0. The molecule has 0 N–H and O–H groups in total. The second kappa shape index (κ2) is 9.57. The number of ether oxygens (including phenoxy) is 3. The molecule has 0 unspecified atom stereocenters. The summed E-state index contributed by atoms with van der Waals surface area (Å²) in [6, 6.07) is 12.1. The lowest BCUT2D eigenvalue weighted by Gasteiger charge is -2.35. The number of piperazine rings is 1. The summed E-state index contributed by atoms with van der Waals surface area (Å²) in [7, 11) is -0.902. The van der Waals surface area contributed by atoms with Gasteiger partial charge in [0.2, 0.25) is 10.0 Å². The zero-order valence-corrected chi connectivity index (χ0v) is 19.0. The molecule has 168 valence electrons. The third kappa shape index (κ3) is 5.11. The summed E-state index contributed by atoms with van der Waals surface area (Å²) in [5.41, 5.74) is 1.11. The molecule has 0 radical (unpaired) electrons. The number of hydrogen-bond donors (Lipinski definition) is 0. The van der Waals surface area contributed by atoms with Crippen molar-refractivity contribution >= 4 is 15.9 Å². The van der Waals surface area contributed by atoms with Crippen molar-refractivity contribution in [3.63, 3.8) is 0 Å². The summed E-state index contributed by atoms with van der Waals surface area (Å²) in [5.74, 6) is 1.13. The topological polar surface area (TPSA) is 85.4 Å². The average molecular weight is 449 g/mol. The Morgan fingerprint density at radius 1 is 0.935 bits per heavy atom. The molecule has 8 nitrogen and oxygen atoms in total. The number of sulfonamides is 1. The molecule has 31 heavy (non-hydrogen) atoms. The molecule has 1 amide bonds. The van der Waals surface area contributed by atoms with Crippen molar-refractivity contribution in [1.82, 2.24) is 9.21 Å². The van der Waals surface area contributed by atoms with Crippen LogP contribution in [-0.4, -0.2) is 70.0 Å². The summed E-state index contributed by atoms with van der Waals surface area (Å²) < 4.78 is 43.9. The lowest BCUT2D eigenvalue weighted by molar-refractivity contribution is -0.139. The lowest BCUT2D eigenvalue weighted by atomic mass is 10.2. The molecule has 9 heteroatoms. The van der Waals surface area contributed by atoms with E-state index < -0.39 is 16.1 Å². The molecule has 0 bridgehead atoms. The Balaban J connectivity index is 1.65. The van der Waals surface area contributed by atoms with E-state index in [1.807, 2.05) is 31.2 Å². The van der Waals surface area contributed by atoms with Gasteiger partial charge in [0, 0.05) is 32.2 Å². The Morgan fingerprint density at radius 3 is 2.13 bits per heavy atom. The van der Waals surface area contributed by atoms with Crippen LogP contribution in [0.4, 0.5) is 0 Å². The van der Waals surface area contributed by atoms with Crippen molar-refractivity contribution in [2.24, 2.45) is 0 Å². The van der Waals surface area contributed by atoms with Crippen LogP contribution in [0.3, 0.4) is 0 Å². The highest BCUT2D eigenvalue weighted by molar-refractivity contribution is 7.89. The maximum atomic E-state index is 13.2. The molecule has 3 rings (SSSR count). The number of carbonyl (C=O) groups is 1. The molecule has 1 atom stereocenters. The van der Waals surface area contributed by atoms with E-state index in [9.17, 15) is 13.2 Å². The molecule has 1 heterocycles. The van der Waals surface area contributed by atoms with Crippen molar-refractivity contribution in [2.75, 3.05) is 40.4 Å². The summed E-state index contributed by atoms with van der Waals surface area (Å²) in [6.07, 6.45) is -0.663. The average Bonchev–Trinajstić information content (AvgIpc) is 2.79. The van der Waals surface area contributed by atoms with Gasteiger partial charge in [0.25, 0.3) is 5.91 Å². The minimum atomic E-state index is -3.80. The standard InChI is InChI=1S/C22H28N2O6S/c1-16-5-7-18(8-6-16)30-17(2)22(25)23-11-13-24(14-12-23)31(26,27)21-15-19(28-3)9-10-20(21)29-4/h5-10,15,17H,11-14H2,1-4H3/t17-/m1/s1. The summed E-state index contributed by atoms with van der Waals surface area (Å²) in [6.45, 7) is 4.62. The van der Waals surface area contributed by atoms with E-state index in [2.05, 4.69) is 0 Å². The molecular weight excluding hydrogens is 420 g/mol. The van der Waals surface area contributed by atoms with Gasteiger partial charge in [-0.3, -0.25) is 4.79 Å². The molecule has 0 aromatic heterocycles. The largest absolute Gasteiger partial charge is 0.497 e. The zero-order valence-electron chi connectivity index (χ0n) is 18.2. The van der Waals surface area contributed by atoms with Crippen LogP contribution in [0.2, 0.25) is 0 Å². The van der Waals surface area contributed by atoms with Crippen molar-refractivity contribution in [3.05, 3.63) is 48.0 Å². The maximum Gasteiger partial charge on any atom is 0.263 e. The Hall–Kier alpha value is -2.78. The third-order valence-electron chi connectivity index (χ3n) is 5.22. The number of aryl methyl sites for hydroxylation is 1. The first-order valence-corrected chi connectivity index (χ1v) is 11.4. The fourth-order valence-corrected chi connectivity index (χ4v) is 4.99. The number of nitrogens with zero attached hydrogens (tertiary/aromatic N) is 2. The predicted octanol–water partition coefficient (Wildman–Crippen LogP) is 2.31. The first kappa shape index (κ1) is 22.9. The van der Waals surface area contributed by atoms with Crippen molar-refractivity contribution < 1.29 is 27.4 Å². The number of benzene rings is 2. The second-order valence-corrected chi connectivity index (χ2v) is 9.23. The molecule has 2 aromatic rings. The van der Waals surface area contributed by atoms with Crippen LogP contribution >= 0.6 is 0 Å². The van der Waals surface area contributed by atoms with Crippen LogP contribution in [0.15, 0.2) is 47.4 Å². The Morgan fingerprint density at radius 2 is 1.55 bits per heavy atom. The SMILES string of the molecule is COc1ccc(OC)c(S(=O)(=O)N2CCN(C(=O)[C@@H](C)Oc3ccc(C)cc3)CC2)c1. The summed E-state index contributed by atoms with van der Waals surface area (Å²) in [4.78, 5) is 14.5. The van der Waals surface area contributed by atoms with Crippen molar-refractivity contribution in [1.29, 1.82) is 0 Å². The van der Waals surface area contributed by atoms with Crippen molar-refractivity contribution in [3.8, 4) is 17.2 Å². The maximum absolute atomic E-state index is 13.2. The van der Waals surface area contributed by atoms with Gasteiger partial charge in [-0.15, -0.1) is 0 Å². The van der Waals surface area contributed by atoms with Gasteiger partial charge in [-0.25, -0.2) is 8.42 Å². The third-order valence-corrected chi connectivity index (χ3v) is 7.14. The minimum absolute atomic E-state index is 0.0465. The zero-order chi connectivity index (χ0) is 22.6. The minimum Gasteiger partial charge on any atom is -0.497 e. The number of hydrogen-bond acceptors (Lipinski definition) is 6. The Kier molecular flexibility index (Phi) is 7.07. The van der Waals surface area contributed by atoms with E-state index >= 15 is 0 Å². The highest BCUT2D eigenvalue weighted by Gasteiger charge is 2.33. The molecule has 1 aliphatic rings. The van der Waals surface area contributed by atoms with Crippen LogP contribution in [0.25, 0.3) is 0 Å². The fourth-order valence-electron chi connectivity index (χ4n) is 3.40. The fraction of sp³-hybridized carbons (Fsp3) is 0.409. The smallest absolute Gasteiger partial charge is 0.263 e. The molecule has 1 fully saturated rings. The molecule has 0 aliphatic carbocycles. The van der Waals surface area contributed by atoms with E-state index in [-0.39, 0.29) is 42.7 Å². The normalized spacial score (nSPS) is 15.9. The van der Waals surface area contributed by atoms with Crippen LogP contribution in [0, 0.1) is 6.92 Å². The van der Waals surface area contributed by atoms with Crippen LogP contribution in [0.5, 0.6) is 17.2 Å². The first-order valence-electron chi connectivity index (χ1n) is 10.0. The number of amides is 1. The summed E-state index contributed by atoms with van der Waals surface area (Å²) >= 11 is 0. The number of carbonyl (C=O) groups excluding carboxylic acids is 1. The van der Waals surface area contributed by atoms with E-state index in [1.165, 1.54) is 24.6 Å². The molecule has 0 spiro atoms. The molecule has 2 aromatic carbocycles. The predicted molar refractivity (Wildman–Crippen MR) is 116 cm³/mol. The second-order valence-electron chi connectivity index (χ2n) is 7.32. The van der Waals surface area contributed by atoms with Gasteiger partial charge >= 0.3 is 0 Å². The van der Waals surface area contributed by atoms with Gasteiger partial charge in [0.1, 0.15) is 22.1 Å². The van der Waals surface area contributed by atoms with Gasteiger partial charge in [-0.05, 0) is 38.1 Å². The van der Waals surface area contributed by atoms with Crippen LogP contribution < -0.4 is 14.2 Å². The molecule has 1 aliphatic heterocycles. The Labute approximate surface area is 183 Å². The van der Waals surface area contributed by atoms with Gasteiger partial charge in [-0.2, -0.15) is 4.31 Å². The quantitative estimate of drug-likeness (QED) is 0.646. The molecular formula is C22H28N2O6S. The van der Waals surface area contributed by atoms with Gasteiger partial charge in [-0.1, -0.05) is 17.7 Å². The van der Waals surface area contributed by atoms with Gasteiger partial charge in [0.05, 0.1) is 14.2 Å². The highest BCUT2D eigenvalue weighted by atomic mass is 32.2. The molecule has 0 saturated carbocycles. The lowest BCUT2D eigenvalue weighted by Crippen LogP contribution is -2.53. The van der Waals surface area contributed by atoms with E-state index in [0.717, 1.165) is 5.56 Å². The van der Waals surface area contributed by atoms with Crippen LogP contribution in [-0.2, 0) is 14.8 Å². The molecule has 1 saturated heterocycles. The van der Waals surface area contributed by atoms with E-state index in [4.69, 9.17) is 14.2 Å².